The molecule has 2 atom stereocenters. The average Bonchev–Trinajstić information content (AvgIpc) is 3.23. The minimum atomic E-state index is -0.449. The van der Waals surface area contributed by atoms with Crippen molar-refractivity contribution in [2.45, 2.75) is 32.6 Å². The van der Waals surface area contributed by atoms with Gasteiger partial charge in [0.15, 0.2) is 0 Å². The molecule has 1 saturated carbocycles. The molecule has 4 heteroatoms. The molecule has 0 radical (unpaired) electrons. The highest BCUT2D eigenvalue weighted by atomic mass is 16.2. The third kappa shape index (κ3) is 2.94. The summed E-state index contributed by atoms with van der Waals surface area (Å²) in [5, 5.41) is 2.85. The van der Waals surface area contributed by atoms with Crippen LogP contribution < -0.4 is 5.32 Å². The summed E-state index contributed by atoms with van der Waals surface area (Å²) in [5.41, 5.74) is 0.618. The van der Waals surface area contributed by atoms with Gasteiger partial charge in [-0.3, -0.25) is 9.59 Å². The molecule has 114 valence electrons. The van der Waals surface area contributed by atoms with Crippen molar-refractivity contribution >= 4 is 11.8 Å². The predicted molar refractivity (Wildman–Crippen MR) is 82.8 cm³/mol. The Kier molecular flexibility index (Phi) is 4.66. The first-order valence-corrected chi connectivity index (χ1v) is 7.65. The van der Waals surface area contributed by atoms with Crippen molar-refractivity contribution < 1.29 is 9.59 Å². The molecule has 0 aliphatic heterocycles. The van der Waals surface area contributed by atoms with Crippen molar-refractivity contribution in [3.8, 4) is 0 Å². The van der Waals surface area contributed by atoms with Gasteiger partial charge in [-0.1, -0.05) is 30.3 Å². The SMILES string of the molecule is CCN(CC)C(=O)[C@@]1(c2ccccc2)CC1CNC(C)=O. The topological polar surface area (TPSA) is 49.4 Å². The van der Waals surface area contributed by atoms with Crippen LogP contribution in [0.2, 0.25) is 0 Å². The van der Waals surface area contributed by atoms with Crippen LogP contribution in [0, 0.1) is 5.92 Å². The van der Waals surface area contributed by atoms with Crippen molar-refractivity contribution in [3.63, 3.8) is 0 Å². The first kappa shape index (κ1) is 15.5. The maximum absolute atomic E-state index is 13.0. The Morgan fingerprint density at radius 2 is 1.86 bits per heavy atom. The Labute approximate surface area is 126 Å². The van der Waals surface area contributed by atoms with Crippen LogP contribution in [0.4, 0.5) is 0 Å². The molecule has 1 aromatic carbocycles. The number of hydrogen-bond acceptors (Lipinski definition) is 2. The molecule has 0 saturated heterocycles. The molecule has 21 heavy (non-hydrogen) atoms. The summed E-state index contributed by atoms with van der Waals surface area (Å²) in [5.74, 6) is 0.338. The largest absolute Gasteiger partial charge is 0.356 e. The standard InChI is InChI=1S/C17H24N2O2/c1-4-19(5-2)16(21)17(14-9-7-6-8-10-14)11-15(17)12-18-13(3)20/h6-10,15H,4-5,11-12H2,1-3H3,(H,18,20)/t15?,17-/m1/s1. The Bertz CT molecular complexity index is 511. The van der Waals surface area contributed by atoms with E-state index >= 15 is 0 Å². The smallest absolute Gasteiger partial charge is 0.233 e. The summed E-state index contributed by atoms with van der Waals surface area (Å²) < 4.78 is 0. The highest BCUT2D eigenvalue weighted by Crippen LogP contribution is 2.55. The van der Waals surface area contributed by atoms with Gasteiger partial charge in [0.2, 0.25) is 11.8 Å². The Hall–Kier alpha value is -1.84. The first-order chi connectivity index (χ1) is 10.1. The van der Waals surface area contributed by atoms with Crippen LogP contribution in [-0.2, 0) is 15.0 Å². The lowest BCUT2D eigenvalue weighted by Crippen LogP contribution is -2.41. The zero-order valence-corrected chi connectivity index (χ0v) is 13.1. The summed E-state index contributed by atoms with van der Waals surface area (Å²) >= 11 is 0. The molecule has 0 bridgehead atoms. The second kappa shape index (κ2) is 6.29. The van der Waals surface area contributed by atoms with Crippen LogP contribution in [0.15, 0.2) is 30.3 Å². The molecule has 1 aliphatic carbocycles. The maximum atomic E-state index is 13.0. The van der Waals surface area contributed by atoms with Crippen LogP contribution in [-0.4, -0.2) is 36.3 Å². The van der Waals surface area contributed by atoms with E-state index in [0.717, 1.165) is 25.1 Å². The van der Waals surface area contributed by atoms with Crippen molar-refractivity contribution in [1.82, 2.24) is 10.2 Å². The van der Waals surface area contributed by atoms with Crippen molar-refractivity contribution in [2.75, 3.05) is 19.6 Å². The van der Waals surface area contributed by atoms with Gasteiger partial charge < -0.3 is 10.2 Å². The number of rotatable bonds is 6. The van der Waals surface area contributed by atoms with Gasteiger partial charge in [-0.15, -0.1) is 0 Å². The molecule has 4 nitrogen and oxygen atoms in total. The van der Waals surface area contributed by atoms with Gasteiger partial charge in [0.25, 0.3) is 0 Å². The summed E-state index contributed by atoms with van der Waals surface area (Å²) in [6.45, 7) is 7.53. The van der Waals surface area contributed by atoms with Crippen molar-refractivity contribution in [1.29, 1.82) is 0 Å². The number of carbonyl (C=O) groups is 2. The van der Waals surface area contributed by atoms with Crippen LogP contribution in [0.3, 0.4) is 0 Å². The quantitative estimate of drug-likeness (QED) is 0.870. The van der Waals surface area contributed by atoms with Crippen molar-refractivity contribution in [3.05, 3.63) is 35.9 Å². The highest BCUT2D eigenvalue weighted by Gasteiger charge is 2.61. The van der Waals surface area contributed by atoms with E-state index in [2.05, 4.69) is 5.32 Å². The molecule has 0 spiro atoms. The number of hydrogen-bond donors (Lipinski definition) is 1. The Morgan fingerprint density at radius 3 is 2.38 bits per heavy atom. The fourth-order valence-electron chi connectivity index (χ4n) is 3.11. The third-order valence-corrected chi connectivity index (χ3v) is 4.42. The first-order valence-electron chi connectivity index (χ1n) is 7.65. The normalized spacial score (nSPS) is 23.5. The van der Waals surface area contributed by atoms with Gasteiger partial charge >= 0.3 is 0 Å². The summed E-state index contributed by atoms with van der Waals surface area (Å²) in [7, 11) is 0. The molecule has 1 unspecified atom stereocenters. The summed E-state index contributed by atoms with van der Waals surface area (Å²) in [6, 6.07) is 9.95. The zero-order chi connectivity index (χ0) is 15.5. The predicted octanol–water partition coefficient (Wildman–Crippen LogP) is 1.95. The molecule has 0 aromatic heterocycles. The second-order valence-corrected chi connectivity index (χ2v) is 5.65. The fraction of sp³-hybridized carbons (Fsp3) is 0.529. The number of carbonyl (C=O) groups excluding carboxylic acids is 2. The van der Waals surface area contributed by atoms with E-state index in [9.17, 15) is 9.59 Å². The van der Waals surface area contributed by atoms with E-state index in [4.69, 9.17) is 0 Å². The van der Waals surface area contributed by atoms with Gasteiger partial charge in [0, 0.05) is 26.6 Å². The van der Waals surface area contributed by atoms with E-state index in [1.807, 2.05) is 49.1 Å². The summed E-state index contributed by atoms with van der Waals surface area (Å²) in [4.78, 5) is 26.0. The molecule has 0 heterocycles. The number of likely N-dealkylation sites (N-methyl/N-ethyl adjacent to an activating group) is 1. The minimum absolute atomic E-state index is 0.0425. The molecular formula is C17H24N2O2. The van der Waals surface area contributed by atoms with E-state index in [1.54, 1.807) is 0 Å². The van der Waals surface area contributed by atoms with Gasteiger partial charge in [0.1, 0.15) is 0 Å². The van der Waals surface area contributed by atoms with Crippen LogP contribution in [0.1, 0.15) is 32.8 Å². The van der Waals surface area contributed by atoms with E-state index in [-0.39, 0.29) is 17.7 Å². The fourth-order valence-corrected chi connectivity index (χ4v) is 3.11. The third-order valence-electron chi connectivity index (χ3n) is 4.42. The Balaban J connectivity index is 2.25. The van der Waals surface area contributed by atoms with Crippen LogP contribution in [0.5, 0.6) is 0 Å². The minimum Gasteiger partial charge on any atom is -0.356 e. The van der Waals surface area contributed by atoms with Crippen LogP contribution >= 0.6 is 0 Å². The van der Waals surface area contributed by atoms with Gasteiger partial charge in [0.05, 0.1) is 5.41 Å². The maximum Gasteiger partial charge on any atom is 0.233 e. The van der Waals surface area contributed by atoms with E-state index in [0.29, 0.717) is 6.54 Å². The number of benzene rings is 1. The molecule has 1 fully saturated rings. The monoisotopic (exact) mass is 288 g/mol. The van der Waals surface area contributed by atoms with Gasteiger partial charge in [-0.2, -0.15) is 0 Å². The summed E-state index contributed by atoms with van der Waals surface area (Å²) in [6.07, 6.45) is 0.812. The van der Waals surface area contributed by atoms with E-state index < -0.39 is 5.41 Å². The lowest BCUT2D eigenvalue weighted by atomic mass is 9.91. The highest BCUT2D eigenvalue weighted by molar-refractivity contribution is 5.92. The van der Waals surface area contributed by atoms with Gasteiger partial charge in [-0.05, 0) is 31.7 Å². The molecule has 2 rings (SSSR count). The second-order valence-electron chi connectivity index (χ2n) is 5.65. The van der Waals surface area contributed by atoms with Crippen molar-refractivity contribution in [2.24, 2.45) is 5.92 Å². The lowest BCUT2D eigenvalue weighted by molar-refractivity contribution is -0.134. The molecule has 2 amide bonds. The van der Waals surface area contributed by atoms with Gasteiger partial charge in [-0.25, -0.2) is 0 Å². The average molecular weight is 288 g/mol. The molecule has 1 N–H and O–H groups in total. The molecular weight excluding hydrogens is 264 g/mol. The lowest BCUT2D eigenvalue weighted by Gasteiger charge is -2.26. The Morgan fingerprint density at radius 1 is 1.24 bits per heavy atom. The van der Waals surface area contributed by atoms with Crippen LogP contribution in [0.25, 0.3) is 0 Å². The number of amides is 2. The number of nitrogens with zero attached hydrogens (tertiary/aromatic N) is 1. The molecule has 1 aliphatic rings. The zero-order valence-electron chi connectivity index (χ0n) is 13.1. The number of nitrogens with one attached hydrogen (secondary N) is 1. The van der Waals surface area contributed by atoms with E-state index in [1.165, 1.54) is 6.92 Å². The molecule has 1 aromatic rings.